The molecule has 0 aromatic carbocycles. The lowest BCUT2D eigenvalue weighted by molar-refractivity contribution is -0.0267. The first kappa shape index (κ1) is 16.4. The Morgan fingerprint density at radius 2 is 2.29 bits per heavy atom. The molecular weight excluding hydrogens is 262 g/mol. The largest absolute Gasteiger partial charge is 0.381 e. The van der Waals surface area contributed by atoms with Gasteiger partial charge in [0.1, 0.15) is 0 Å². The van der Waals surface area contributed by atoms with Gasteiger partial charge in [-0.3, -0.25) is 9.88 Å². The molecule has 1 unspecified atom stereocenters. The zero-order valence-electron chi connectivity index (χ0n) is 13.5. The second-order valence-electron chi connectivity index (χ2n) is 6.06. The van der Waals surface area contributed by atoms with Gasteiger partial charge in [-0.05, 0) is 38.1 Å². The van der Waals surface area contributed by atoms with Crippen molar-refractivity contribution < 1.29 is 4.74 Å². The first-order valence-corrected chi connectivity index (χ1v) is 8.19. The van der Waals surface area contributed by atoms with E-state index in [-0.39, 0.29) is 5.41 Å². The standard InChI is InChI=1S/C17H29N3O/c1-3-18-13-17(9-7-11-21-15-17)14-20(4-2)12-16-8-5-6-10-19-16/h5-6,8,10,18H,3-4,7,9,11-15H2,1-2H3. The van der Waals surface area contributed by atoms with E-state index in [2.05, 4.69) is 41.2 Å². The Hall–Kier alpha value is -0.970. The summed E-state index contributed by atoms with van der Waals surface area (Å²) < 4.78 is 5.80. The summed E-state index contributed by atoms with van der Waals surface area (Å²) in [7, 11) is 0. The van der Waals surface area contributed by atoms with Crippen molar-refractivity contribution in [1.82, 2.24) is 15.2 Å². The molecule has 1 aromatic rings. The Morgan fingerprint density at radius 3 is 2.90 bits per heavy atom. The van der Waals surface area contributed by atoms with Crippen molar-refractivity contribution >= 4 is 0 Å². The van der Waals surface area contributed by atoms with Gasteiger partial charge in [0.05, 0.1) is 12.3 Å². The third kappa shape index (κ3) is 5.06. The molecule has 118 valence electrons. The van der Waals surface area contributed by atoms with Crippen LogP contribution < -0.4 is 5.32 Å². The molecule has 4 heteroatoms. The maximum Gasteiger partial charge on any atom is 0.0546 e. The zero-order valence-corrected chi connectivity index (χ0v) is 13.5. The highest BCUT2D eigenvalue weighted by atomic mass is 16.5. The predicted octanol–water partition coefficient (Wildman–Crippen LogP) is 2.31. The van der Waals surface area contributed by atoms with Crippen molar-refractivity contribution in [3.05, 3.63) is 30.1 Å². The van der Waals surface area contributed by atoms with E-state index in [1.165, 1.54) is 12.8 Å². The molecule has 21 heavy (non-hydrogen) atoms. The molecule has 0 bridgehead atoms. The number of ether oxygens (including phenoxy) is 1. The first-order chi connectivity index (χ1) is 10.3. The van der Waals surface area contributed by atoms with Gasteiger partial charge in [0.15, 0.2) is 0 Å². The van der Waals surface area contributed by atoms with Gasteiger partial charge in [0, 0.05) is 37.9 Å². The molecule has 1 aromatic heterocycles. The quantitative estimate of drug-likeness (QED) is 0.797. The molecule has 0 amide bonds. The van der Waals surface area contributed by atoms with Crippen LogP contribution in [0.1, 0.15) is 32.4 Å². The summed E-state index contributed by atoms with van der Waals surface area (Å²) >= 11 is 0. The second kappa shape index (κ2) is 8.47. The third-order valence-corrected chi connectivity index (χ3v) is 4.27. The molecule has 2 heterocycles. The minimum Gasteiger partial charge on any atom is -0.381 e. The fourth-order valence-corrected chi connectivity index (χ4v) is 3.09. The van der Waals surface area contributed by atoms with E-state index in [1.54, 1.807) is 0 Å². The minimum absolute atomic E-state index is 0.249. The Balaban J connectivity index is 1.99. The van der Waals surface area contributed by atoms with Gasteiger partial charge in [-0.1, -0.05) is 19.9 Å². The zero-order chi connectivity index (χ0) is 15.0. The highest BCUT2D eigenvalue weighted by Crippen LogP contribution is 2.29. The van der Waals surface area contributed by atoms with E-state index < -0.39 is 0 Å². The number of nitrogens with zero attached hydrogens (tertiary/aromatic N) is 2. The van der Waals surface area contributed by atoms with Crippen LogP contribution in [-0.4, -0.2) is 49.3 Å². The van der Waals surface area contributed by atoms with E-state index in [0.29, 0.717) is 0 Å². The highest BCUT2D eigenvalue weighted by Gasteiger charge is 2.34. The van der Waals surface area contributed by atoms with Gasteiger partial charge in [-0.15, -0.1) is 0 Å². The van der Waals surface area contributed by atoms with E-state index >= 15 is 0 Å². The smallest absolute Gasteiger partial charge is 0.0546 e. The summed E-state index contributed by atoms with van der Waals surface area (Å²) in [6.07, 6.45) is 4.30. The molecular formula is C17H29N3O. The Morgan fingerprint density at radius 1 is 1.38 bits per heavy atom. The van der Waals surface area contributed by atoms with Gasteiger partial charge in [-0.25, -0.2) is 0 Å². The average Bonchev–Trinajstić information content (AvgIpc) is 2.54. The molecule has 1 aliphatic heterocycles. The summed E-state index contributed by atoms with van der Waals surface area (Å²) in [5.41, 5.74) is 1.40. The van der Waals surface area contributed by atoms with Crippen molar-refractivity contribution in [3.63, 3.8) is 0 Å². The fraction of sp³-hybridized carbons (Fsp3) is 0.706. The molecule has 0 saturated carbocycles. The maximum atomic E-state index is 5.80. The van der Waals surface area contributed by atoms with Crippen molar-refractivity contribution in [1.29, 1.82) is 0 Å². The van der Waals surface area contributed by atoms with Gasteiger partial charge in [-0.2, -0.15) is 0 Å². The number of pyridine rings is 1. The van der Waals surface area contributed by atoms with E-state index in [1.807, 2.05) is 12.3 Å². The predicted molar refractivity (Wildman–Crippen MR) is 86.2 cm³/mol. The van der Waals surface area contributed by atoms with Crippen molar-refractivity contribution in [2.75, 3.05) is 39.4 Å². The van der Waals surface area contributed by atoms with Crippen LogP contribution in [0.2, 0.25) is 0 Å². The molecule has 1 atom stereocenters. The first-order valence-electron chi connectivity index (χ1n) is 8.19. The van der Waals surface area contributed by atoms with Crippen molar-refractivity contribution in [3.8, 4) is 0 Å². The number of hydrogen-bond donors (Lipinski definition) is 1. The summed E-state index contributed by atoms with van der Waals surface area (Å²) in [5, 5.41) is 3.53. The number of aromatic nitrogens is 1. The van der Waals surface area contributed by atoms with E-state index in [9.17, 15) is 0 Å². The molecule has 1 aliphatic rings. The maximum absolute atomic E-state index is 5.80. The van der Waals surface area contributed by atoms with Crippen LogP contribution >= 0.6 is 0 Å². The molecule has 0 radical (unpaired) electrons. The molecule has 0 spiro atoms. The molecule has 4 nitrogen and oxygen atoms in total. The lowest BCUT2D eigenvalue weighted by Gasteiger charge is -2.40. The van der Waals surface area contributed by atoms with Gasteiger partial charge >= 0.3 is 0 Å². The van der Waals surface area contributed by atoms with Crippen molar-refractivity contribution in [2.24, 2.45) is 5.41 Å². The van der Waals surface area contributed by atoms with Gasteiger partial charge in [0.25, 0.3) is 0 Å². The number of hydrogen-bond acceptors (Lipinski definition) is 4. The summed E-state index contributed by atoms with van der Waals surface area (Å²) in [6.45, 7) is 11.3. The summed E-state index contributed by atoms with van der Waals surface area (Å²) in [5.74, 6) is 0. The topological polar surface area (TPSA) is 37.4 Å². The number of rotatable bonds is 8. The Labute approximate surface area is 128 Å². The summed E-state index contributed by atoms with van der Waals surface area (Å²) in [4.78, 5) is 6.95. The SMILES string of the molecule is CCNCC1(CN(CC)Cc2ccccn2)CCCOC1. The van der Waals surface area contributed by atoms with E-state index in [4.69, 9.17) is 4.74 Å². The highest BCUT2D eigenvalue weighted by molar-refractivity contribution is 5.03. The lowest BCUT2D eigenvalue weighted by atomic mass is 9.81. The molecule has 1 saturated heterocycles. The lowest BCUT2D eigenvalue weighted by Crippen LogP contribution is -2.48. The van der Waals surface area contributed by atoms with Crippen LogP contribution in [0.3, 0.4) is 0 Å². The Kier molecular flexibility index (Phi) is 6.61. The van der Waals surface area contributed by atoms with Crippen LogP contribution in [-0.2, 0) is 11.3 Å². The van der Waals surface area contributed by atoms with E-state index in [0.717, 1.165) is 51.6 Å². The molecule has 2 rings (SSSR count). The third-order valence-electron chi connectivity index (χ3n) is 4.27. The molecule has 0 aliphatic carbocycles. The number of nitrogens with one attached hydrogen (secondary N) is 1. The minimum atomic E-state index is 0.249. The normalized spacial score (nSPS) is 22.6. The fourth-order valence-electron chi connectivity index (χ4n) is 3.09. The van der Waals surface area contributed by atoms with Crippen LogP contribution in [0, 0.1) is 5.41 Å². The molecule has 1 N–H and O–H groups in total. The van der Waals surface area contributed by atoms with Crippen LogP contribution in [0.5, 0.6) is 0 Å². The van der Waals surface area contributed by atoms with Gasteiger partial charge in [0.2, 0.25) is 0 Å². The van der Waals surface area contributed by atoms with Crippen LogP contribution in [0.4, 0.5) is 0 Å². The second-order valence-corrected chi connectivity index (χ2v) is 6.06. The summed E-state index contributed by atoms with van der Waals surface area (Å²) in [6, 6.07) is 6.15. The molecule has 1 fully saturated rings. The van der Waals surface area contributed by atoms with Crippen LogP contribution in [0.25, 0.3) is 0 Å². The van der Waals surface area contributed by atoms with Crippen molar-refractivity contribution in [2.45, 2.75) is 33.2 Å². The Bertz CT molecular complexity index is 390. The monoisotopic (exact) mass is 291 g/mol. The van der Waals surface area contributed by atoms with Gasteiger partial charge < -0.3 is 10.1 Å². The average molecular weight is 291 g/mol. The van der Waals surface area contributed by atoms with Crippen LogP contribution in [0.15, 0.2) is 24.4 Å².